The Hall–Kier alpha value is -0.440. The predicted octanol–water partition coefficient (Wildman–Crippen LogP) is 2.46. The molecule has 1 aliphatic carbocycles. The minimum Gasteiger partial charge on any atom is -0.258 e. The van der Waals surface area contributed by atoms with E-state index in [1.807, 2.05) is 6.92 Å². The van der Waals surface area contributed by atoms with Crippen molar-refractivity contribution in [3.05, 3.63) is 23.8 Å². The fourth-order valence-corrected chi connectivity index (χ4v) is 2.88. The van der Waals surface area contributed by atoms with E-state index in [4.69, 9.17) is 0 Å². The zero-order valence-electron chi connectivity index (χ0n) is 7.92. The van der Waals surface area contributed by atoms with Gasteiger partial charge in [-0.3, -0.25) is 9.97 Å². The van der Waals surface area contributed by atoms with E-state index < -0.39 is 0 Å². The monoisotopic (exact) mass is 240 g/mol. The standard InChI is InChI=1S/C10H13BrN2/c1-7-9(13-4-3-12-7)10(2)5-8(10)6-11/h3-4,8H,5-6H2,1-2H3. The fourth-order valence-electron chi connectivity index (χ4n) is 1.94. The largest absolute Gasteiger partial charge is 0.258 e. The zero-order valence-corrected chi connectivity index (χ0v) is 9.50. The fraction of sp³-hybridized carbons (Fsp3) is 0.600. The average molecular weight is 241 g/mol. The first-order valence-electron chi connectivity index (χ1n) is 4.52. The van der Waals surface area contributed by atoms with Crippen molar-refractivity contribution in [3.63, 3.8) is 0 Å². The van der Waals surface area contributed by atoms with Gasteiger partial charge in [0, 0.05) is 23.1 Å². The molecule has 2 rings (SSSR count). The van der Waals surface area contributed by atoms with E-state index in [-0.39, 0.29) is 5.41 Å². The molecule has 2 unspecified atom stereocenters. The van der Waals surface area contributed by atoms with Gasteiger partial charge in [-0.25, -0.2) is 0 Å². The van der Waals surface area contributed by atoms with Crippen LogP contribution in [0, 0.1) is 12.8 Å². The van der Waals surface area contributed by atoms with Crippen LogP contribution in [0.25, 0.3) is 0 Å². The first-order chi connectivity index (χ1) is 6.18. The highest BCUT2D eigenvalue weighted by molar-refractivity contribution is 9.09. The van der Waals surface area contributed by atoms with Crippen molar-refractivity contribution in [3.8, 4) is 0 Å². The second-order valence-electron chi connectivity index (χ2n) is 3.96. The molecule has 0 saturated heterocycles. The van der Waals surface area contributed by atoms with Gasteiger partial charge in [0.25, 0.3) is 0 Å². The maximum atomic E-state index is 4.43. The summed E-state index contributed by atoms with van der Waals surface area (Å²) in [6, 6.07) is 0. The molecule has 0 amide bonds. The molecular formula is C10H13BrN2. The third-order valence-electron chi connectivity index (χ3n) is 3.02. The molecule has 0 radical (unpaired) electrons. The maximum absolute atomic E-state index is 4.43. The molecule has 1 aromatic rings. The molecule has 0 bridgehead atoms. The Kier molecular flexibility index (Phi) is 2.14. The van der Waals surface area contributed by atoms with E-state index >= 15 is 0 Å². The Labute approximate surface area is 86.9 Å². The summed E-state index contributed by atoms with van der Waals surface area (Å²) >= 11 is 3.53. The third kappa shape index (κ3) is 1.39. The van der Waals surface area contributed by atoms with Crippen LogP contribution in [0.5, 0.6) is 0 Å². The van der Waals surface area contributed by atoms with E-state index in [1.54, 1.807) is 12.4 Å². The van der Waals surface area contributed by atoms with Gasteiger partial charge in [0.15, 0.2) is 0 Å². The van der Waals surface area contributed by atoms with Gasteiger partial charge >= 0.3 is 0 Å². The molecule has 0 N–H and O–H groups in total. The van der Waals surface area contributed by atoms with E-state index in [9.17, 15) is 0 Å². The maximum Gasteiger partial charge on any atom is 0.0677 e. The molecule has 1 heterocycles. The third-order valence-corrected chi connectivity index (χ3v) is 3.80. The van der Waals surface area contributed by atoms with Crippen LogP contribution in [-0.4, -0.2) is 15.3 Å². The van der Waals surface area contributed by atoms with Gasteiger partial charge in [-0.05, 0) is 19.3 Å². The van der Waals surface area contributed by atoms with Crippen molar-refractivity contribution in [2.45, 2.75) is 25.7 Å². The van der Waals surface area contributed by atoms with Crippen LogP contribution in [0.15, 0.2) is 12.4 Å². The van der Waals surface area contributed by atoms with E-state index in [0.717, 1.165) is 16.9 Å². The molecule has 0 aliphatic heterocycles. The minimum atomic E-state index is 0.280. The Morgan fingerprint density at radius 1 is 1.54 bits per heavy atom. The number of aryl methyl sites for hydroxylation is 1. The Morgan fingerprint density at radius 3 is 2.77 bits per heavy atom. The topological polar surface area (TPSA) is 25.8 Å². The van der Waals surface area contributed by atoms with Gasteiger partial charge in [-0.1, -0.05) is 22.9 Å². The summed E-state index contributed by atoms with van der Waals surface area (Å²) in [6.07, 6.45) is 4.78. The van der Waals surface area contributed by atoms with Gasteiger partial charge in [0.05, 0.1) is 11.4 Å². The molecule has 13 heavy (non-hydrogen) atoms. The quantitative estimate of drug-likeness (QED) is 0.743. The van der Waals surface area contributed by atoms with Crippen LogP contribution in [0.2, 0.25) is 0 Å². The summed E-state index contributed by atoms with van der Waals surface area (Å²) in [5.74, 6) is 0.739. The summed E-state index contributed by atoms with van der Waals surface area (Å²) in [4.78, 5) is 8.70. The molecule has 1 fully saturated rings. The van der Waals surface area contributed by atoms with Crippen molar-refractivity contribution >= 4 is 15.9 Å². The van der Waals surface area contributed by atoms with Crippen LogP contribution in [0.1, 0.15) is 24.7 Å². The average Bonchev–Trinajstić information content (AvgIpc) is 2.79. The molecule has 2 atom stereocenters. The van der Waals surface area contributed by atoms with Crippen molar-refractivity contribution < 1.29 is 0 Å². The summed E-state index contributed by atoms with van der Waals surface area (Å²) in [6.45, 7) is 4.31. The van der Waals surface area contributed by atoms with Crippen LogP contribution in [-0.2, 0) is 5.41 Å². The minimum absolute atomic E-state index is 0.280. The highest BCUT2D eigenvalue weighted by Crippen LogP contribution is 2.54. The highest BCUT2D eigenvalue weighted by Gasteiger charge is 2.52. The zero-order chi connectivity index (χ0) is 9.47. The summed E-state index contributed by atoms with van der Waals surface area (Å²) < 4.78 is 0. The summed E-state index contributed by atoms with van der Waals surface area (Å²) in [5, 5.41) is 1.07. The van der Waals surface area contributed by atoms with Gasteiger partial charge < -0.3 is 0 Å². The lowest BCUT2D eigenvalue weighted by molar-refractivity contribution is 0.669. The van der Waals surface area contributed by atoms with Crippen molar-refractivity contribution in [2.24, 2.45) is 5.92 Å². The highest BCUT2D eigenvalue weighted by atomic mass is 79.9. The number of hydrogen-bond donors (Lipinski definition) is 0. The molecule has 3 heteroatoms. The number of rotatable bonds is 2. The number of halogens is 1. The predicted molar refractivity (Wildman–Crippen MR) is 56.0 cm³/mol. The molecule has 1 aromatic heterocycles. The van der Waals surface area contributed by atoms with Crippen LogP contribution in [0.4, 0.5) is 0 Å². The van der Waals surface area contributed by atoms with E-state index in [1.165, 1.54) is 12.1 Å². The van der Waals surface area contributed by atoms with Crippen LogP contribution < -0.4 is 0 Å². The molecule has 70 valence electrons. The van der Waals surface area contributed by atoms with Crippen LogP contribution in [0.3, 0.4) is 0 Å². The first-order valence-corrected chi connectivity index (χ1v) is 5.64. The molecule has 0 aromatic carbocycles. The van der Waals surface area contributed by atoms with Gasteiger partial charge in [-0.15, -0.1) is 0 Å². The molecule has 2 nitrogen and oxygen atoms in total. The van der Waals surface area contributed by atoms with Gasteiger partial charge in [0.1, 0.15) is 0 Å². The Balaban J connectivity index is 2.32. The second kappa shape index (κ2) is 3.05. The Morgan fingerprint density at radius 2 is 2.23 bits per heavy atom. The lowest BCUT2D eigenvalue weighted by atomic mass is 10.0. The summed E-state index contributed by atoms with van der Waals surface area (Å²) in [5.41, 5.74) is 2.54. The molecule has 1 saturated carbocycles. The Bertz CT molecular complexity index is 326. The lowest BCUT2D eigenvalue weighted by Gasteiger charge is -2.11. The van der Waals surface area contributed by atoms with E-state index in [2.05, 4.69) is 32.8 Å². The van der Waals surface area contributed by atoms with Crippen LogP contribution >= 0.6 is 15.9 Å². The van der Waals surface area contributed by atoms with Gasteiger partial charge in [0.2, 0.25) is 0 Å². The number of aromatic nitrogens is 2. The number of hydrogen-bond acceptors (Lipinski definition) is 2. The normalized spacial score (nSPS) is 31.8. The van der Waals surface area contributed by atoms with Gasteiger partial charge in [-0.2, -0.15) is 0 Å². The van der Waals surface area contributed by atoms with Crippen molar-refractivity contribution in [2.75, 3.05) is 5.33 Å². The first kappa shape index (κ1) is 9.13. The van der Waals surface area contributed by atoms with E-state index in [0.29, 0.717) is 0 Å². The second-order valence-corrected chi connectivity index (χ2v) is 4.61. The summed E-state index contributed by atoms with van der Waals surface area (Å²) in [7, 11) is 0. The SMILES string of the molecule is Cc1nccnc1C1(C)CC1CBr. The lowest BCUT2D eigenvalue weighted by Crippen LogP contribution is -2.10. The van der Waals surface area contributed by atoms with Crippen molar-refractivity contribution in [1.82, 2.24) is 9.97 Å². The number of nitrogens with zero attached hydrogens (tertiary/aromatic N) is 2. The molecule has 0 spiro atoms. The molecular weight excluding hydrogens is 228 g/mol. The number of alkyl halides is 1. The molecule has 1 aliphatic rings. The van der Waals surface area contributed by atoms with Crippen molar-refractivity contribution in [1.29, 1.82) is 0 Å². The smallest absolute Gasteiger partial charge is 0.0677 e.